The van der Waals surface area contributed by atoms with Crippen LogP contribution in [0.5, 0.6) is 0 Å². The van der Waals surface area contributed by atoms with Crippen LogP contribution in [0.1, 0.15) is 29.8 Å². The number of anilines is 2. The summed E-state index contributed by atoms with van der Waals surface area (Å²) in [7, 11) is 0. The van der Waals surface area contributed by atoms with E-state index in [-0.39, 0.29) is 17.5 Å². The summed E-state index contributed by atoms with van der Waals surface area (Å²) >= 11 is 0. The zero-order valence-electron chi connectivity index (χ0n) is 14.5. The van der Waals surface area contributed by atoms with Gasteiger partial charge in [0.15, 0.2) is 5.78 Å². The lowest BCUT2D eigenvalue weighted by Gasteiger charge is -2.32. The Bertz CT molecular complexity index is 749. The Kier molecular flexibility index (Phi) is 5.28. The largest absolute Gasteiger partial charge is 0.380 e. The number of Topliss-reactive ketones (excluding diaryl/α,β-unsaturated/α-hetero) is 1. The van der Waals surface area contributed by atoms with Crippen LogP contribution in [0.3, 0.4) is 0 Å². The minimum absolute atomic E-state index is 0.0920. The Morgan fingerprint density at radius 1 is 1.40 bits per heavy atom. The van der Waals surface area contributed by atoms with Gasteiger partial charge in [0.05, 0.1) is 18.3 Å². The maximum Gasteiger partial charge on any atom is 0.164 e. The average Bonchev–Trinajstić information content (AvgIpc) is 2.60. The molecule has 2 heterocycles. The van der Waals surface area contributed by atoms with Gasteiger partial charge in [-0.05, 0) is 37.6 Å². The average molecular weight is 343 g/mol. The number of pyridine rings is 1. The summed E-state index contributed by atoms with van der Waals surface area (Å²) < 4.78 is 19.4. The predicted octanol–water partition coefficient (Wildman–Crippen LogP) is 3.26. The molecular formula is C19H22FN3O2. The first-order valence-electron chi connectivity index (χ1n) is 8.39. The van der Waals surface area contributed by atoms with E-state index < -0.39 is 5.82 Å². The molecule has 1 aromatic heterocycles. The zero-order chi connectivity index (χ0) is 17.8. The second-order valence-corrected chi connectivity index (χ2v) is 6.22. The van der Waals surface area contributed by atoms with Gasteiger partial charge in [0.1, 0.15) is 11.6 Å². The summed E-state index contributed by atoms with van der Waals surface area (Å²) in [5.74, 6) is 0.122. The number of carbonyl (C=O) groups excluding carboxylic acids is 1. The van der Waals surface area contributed by atoms with E-state index in [0.29, 0.717) is 18.8 Å². The van der Waals surface area contributed by atoms with E-state index in [0.717, 1.165) is 24.5 Å². The van der Waals surface area contributed by atoms with Crippen molar-refractivity contribution in [3.05, 3.63) is 53.5 Å². The van der Waals surface area contributed by atoms with Crippen LogP contribution in [0.2, 0.25) is 0 Å². The van der Waals surface area contributed by atoms with Crippen LogP contribution >= 0.6 is 0 Å². The van der Waals surface area contributed by atoms with Crippen LogP contribution in [0, 0.1) is 5.82 Å². The van der Waals surface area contributed by atoms with Gasteiger partial charge in [-0.2, -0.15) is 0 Å². The molecule has 1 aliphatic rings. The number of nitrogens with zero attached hydrogens (tertiary/aromatic N) is 2. The summed E-state index contributed by atoms with van der Waals surface area (Å²) in [5.41, 5.74) is 1.55. The summed E-state index contributed by atoms with van der Waals surface area (Å²) in [4.78, 5) is 18.4. The van der Waals surface area contributed by atoms with Crippen LogP contribution in [-0.2, 0) is 11.3 Å². The van der Waals surface area contributed by atoms with Gasteiger partial charge in [-0.15, -0.1) is 0 Å². The molecule has 1 N–H and O–H groups in total. The van der Waals surface area contributed by atoms with Crippen molar-refractivity contribution in [2.24, 2.45) is 0 Å². The monoisotopic (exact) mass is 343 g/mol. The topological polar surface area (TPSA) is 54.5 Å². The molecule has 2 aromatic rings. The number of ketones is 1. The number of ether oxygens (including phenoxy) is 1. The zero-order valence-corrected chi connectivity index (χ0v) is 14.5. The number of halogens is 1. The third kappa shape index (κ3) is 4.14. The Balaban J connectivity index is 1.67. The number of rotatable bonds is 5. The lowest BCUT2D eigenvalue weighted by molar-refractivity contribution is 0.0529. The quantitative estimate of drug-likeness (QED) is 0.845. The van der Waals surface area contributed by atoms with Crippen LogP contribution in [-0.4, -0.2) is 36.6 Å². The van der Waals surface area contributed by atoms with Gasteiger partial charge in [0.2, 0.25) is 0 Å². The molecule has 0 amide bonds. The molecule has 3 rings (SSSR count). The van der Waals surface area contributed by atoms with Gasteiger partial charge in [-0.1, -0.05) is 12.1 Å². The van der Waals surface area contributed by atoms with Crippen molar-refractivity contribution in [3.8, 4) is 0 Å². The predicted molar refractivity (Wildman–Crippen MR) is 95.6 cm³/mol. The summed E-state index contributed by atoms with van der Waals surface area (Å²) in [6, 6.07) is 8.55. The smallest absolute Gasteiger partial charge is 0.164 e. The molecule has 0 aliphatic carbocycles. The van der Waals surface area contributed by atoms with Gasteiger partial charge >= 0.3 is 0 Å². The number of hydrogen-bond donors (Lipinski definition) is 1. The minimum atomic E-state index is -0.507. The van der Waals surface area contributed by atoms with E-state index in [2.05, 4.69) is 22.1 Å². The highest BCUT2D eigenvalue weighted by atomic mass is 19.1. The van der Waals surface area contributed by atoms with Crippen LogP contribution in [0.25, 0.3) is 0 Å². The third-order valence-electron chi connectivity index (χ3n) is 4.22. The first-order chi connectivity index (χ1) is 12.0. The highest BCUT2D eigenvalue weighted by Gasteiger charge is 2.18. The van der Waals surface area contributed by atoms with Crippen molar-refractivity contribution in [2.45, 2.75) is 26.5 Å². The van der Waals surface area contributed by atoms with Gasteiger partial charge < -0.3 is 15.0 Å². The molecule has 0 radical (unpaired) electrons. The van der Waals surface area contributed by atoms with E-state index in [9.17, 15) is 9.18 Å². The molecule has 1 fully saturated rings. The maximum atomic E-state index is 13.8. The molecule has 6 heteroatoms. The number of morpholine rings is 1. The lowest BCUT2D eigenvalue weighted by atomic mass is 10.1. The summed E-state index contributed by atoms with van der Waals surface area (Å²) in [6.45, 7) is 6.26. The summed E-state index contributed by atoms with van der Waals surface area (Å²) in [5, 5.41) is 3.12. The molecule has 0 bridgehead atoms. The van der Waals surface area contributed by atoms with Gasteiger partial charge in [0.25, 0.3) is 0 Å². The van der Waals surface area contributed by atoms with E-state index in [1.54, 1.807) is 18.3 Å². The maximum absolute atomic E-state index is 13.8. The van der Waals surface area contributed by atoms with Crippen LogP contribution < -0.4 is 10.2 Å². The highest BCUT2D eigenvalue weighted by Crippen LogP contribution is 2.21. The van der Waals surface area contributed by atoms with E-state index in [1.807, 2.05) is 12.1 Å². The molecule has 0 spiro atoms. The number of benzene rings is 1. The van der Waals surface area contributed by atoms with Gasteiger partial charge in [-0.25, -0.2) is 9.37 Å². The fraction of sp³-hybridized carbons (Fsp3) is 0.368. The Hall–Kier alpha value is -2.47. The second-order valence-electron chi connectivity index (χ2n) is 6.22. The molecule has 132 valence electrons. The molecule has 1 atom stereocenters. The third-order valence-corrected chi connectivity index (χ3v) is 4.22. The molecule has 0 saturated carbocycles. The first kappa shape index (κ1) is 17.4. The molecule has 25 heavy (non-hydrogen) atoms. The summed E-state index contributed by atoms with van der Waals surface area (Å²) in [6.07, 6.45) is 2.00. The normalized spacial score (nSPS) is 17.4. The fourth-order valence-electron chi connectivity index (χ4n) is 2.96. The Morgan fingerprint density at radius 3 is 2.92 bits per heavy atom. The van der Waals surface area contributed by atoms with Crippen LogP contribution in [0.15, 0.2) is 36.5 Å². The number of carbonyl (C=O) groups is 1. The van der Waals surface area contributed by atoms with Crippen molar-refractivity contribution in [2.75, 3.05) is 29.9 Å². The first-order valence-corrected chi connectivity index (χ1v) is 8.39. The lowest BCUT2D eigenvalue weighted by Crippen LogP contribution is -2.41. The molecule has 0 unspecified atom stereocenters. The molecule has 1 aromatic carbocycles. The van der Waals surface area contributed by atoms with E-state index in [4.69, 9.17) is 4.74 Å². The van der Waals surface area contributed by atoms with Gasteiger partial charge in [-0.3, -0.25) is 4.79 Å². The van der Waals surface area contributed by atoms with Crippen molar-refractivity contribution in [3.63, 3.8) is 0 Å². The van der Waals surface area contributed by atoms with Crippen molar-refractivity contribution in [1.82, 2.24) is 4.98 Å². The Labute approximate surface area is 146 Å². The second kappa shape index (κ2) is 7.61. The fourth-order valence-corrected chi connectivity index (χ4v) is 2.96. The van der Waals surface area contributed by atoms with Gasteiger partial charge in [0, 0.05) is 31.5 Å². The number of nitrogens with one attached hydrogen (secondary N) is 1. The standard InChI is InChI=1S/C19H22FN3O2/c1-13-12-23(8-9-25-13)18-7-6-15(11-22-18)10-21-17-5-3-4-16(20)19(17)14(2)24/h3-7,11,13,21H,8-10,12H2,1-2H3/t13-/m0/s1. The van der Waals surface area contributed by atoms with E-state index in [1.165, 1.54) is 13.0 Å². The molecule has 5 nitrogen and oxygen atoms in total. The van der Waals surface area contributed by atoms with E-state index >= 15 is 0 Å². The van der Waals surface area contributed by atoms with Crippen LogP contribution in [0.4, 0.5) is 15.9 Å². The number of hydrogen-bond acceptors (Lipinski definition) is 5. The molecule has 1 saturated heterocycles. The SMILES string of the molecule is CC(=O)c1c(F)cccc1NCc1ccc(N2CCO[C@@H](C)C2)nc1. The molecule has 1 aliphatic heterocycles. The van der Waals surface area contributed by atoms with Crippen molar-refractivity contribution < 1.29 is 13.9 Å². The number of aromatic nitrogens is 1. The van der Waals surface area contributed by atoms with Crippen molar-refractivity contribution >= 4 is 17.3 Å². The van der Waals surface area contributed by atoms with Crippen molar-refractivity contribution in [1.29, 1.82) is 0 Å². The minimum Gasteiger partial charge on any atom is -0.380 e. The molecular weight excluding hydrogens is 321 g/mol. The highest BCUT2D eigenvalue weighted by molar-refractivity contribution is 5.99. The Morgan fingerprint density at radius 2 is 2.24 bits per heavy atom.